The highest BCUT2D eigenvalue weighted by atomic mass is 16.5. The third kappa shape index (κ3) is 3.78. The van der Waals surface area contributed by atoms with Crippen LogP contribution in [0.2, 0.25) is 0 Å². The number of carbonyl (C=O) groups excluding carboxylic acids is 1. The summed E-state index contributed by atoms with van der Waals surface area (Å²) in [5, 5.41) is 3.33. The molecule has 1 saturated heterocycles. The molecule has 0 bridgehead atoms. The first-order chi connectivity index (χ1) is 11.7. The van der Waals surface area contributed by atoms with Gasteiger partial charge in [0.05, 0.1) is 6.10 Å². The van der Waals surface area contributed by atoms with Crippen molar-refractivity contribution in [2.24, 2.45) is 17.6 Å². The van der Waals surface area contributed by atoms with Crippen LogP contribution >= 0.6 is 0 Å². The van der Waals surface area contributed by atoms with Crippen molar-refractivity contribution in [2.45, 2.75) is 69.4 Å². The zero-order valence-corrected chi connectivity index (χ0v) is 15.3. The lowest BCUT2D eigenvalue weighted by Crippen LogP contribution is -2.57. The van der Waals surface area contributed by atoms with E-state index in [2.05, 4.69) is 10.2 Å². The number of piperidine rings is 1. The second-order valence-corrected chi connectivity index (χ2v) is 8.10. The summed E-state index contributed by atoms with van der Waals surface area (Å²) in [5.41, 5.74) is 6.03. The summed E-state index contributed by atoms with van der Waals surface area (Å²) in [6.07, 6.45) is 10.9. The van der Waals surface area contributed by atoms with Crippen LogP contribution in [0.15, 0.2) is 0 Å². The Kier molecular flexibility index (Phi) is 6.17. The van der Waals surface area contributed by atoms with Gasteiger partial charge in [-0.1, -0.05) is 19.3 Å². The molecule has 0 aromatic heterocycles. The van der Waals surface area contributed by atoms with Gasteiger partial charge in [-0.3, -0.25) is 9.69 Å². The molecule has 3 aliphatic rings. The van der Waals surface area contributed by atoms with Crippen molar-refractivity contribution < 1.29 is 9.53 Å². The van der Waals surface area contributed by atoms with E-state index in [1.54, 1.807) is 0 Å². The highest BCUT2D eigenvalue weighted by Gasteiger charge is 2.42. The van der Waals surface area contributed by atoms with Crippen LogP contribution < -0.4 is 11.1 Å². The number of rotatable bonds is 6. The molecule has 2 atom stereocenters. The molecule has 3 N–H and O–H groups in total. The maximum Gasteiger partial charge on any atom is 0.223 e. The largest absolute Gasteiger partial charge is 0.381 e. The molecule has 1 heterocycles. The number of hydrogen-bond donors (Lipinski definition) is 2. The molecule has 0 aromatic rings. The normalized spacial score (nSPS) is 31.4. The van der Waals surface area contributed by atoms with E-state index < -0.39 is 0 Å². The highest BCUT2D eigenvalue weighted by molar-refractivity contribution is 5.79. The van der Waals surface area contributed by atoms with Gasteiger partial charge in [-0.25, -0.2) is 0 Å². The molecule has 0 aromatic carbocycles. The van der Waals surface area contributed by atoms with Gasteiger partial charge in [0, 0.05) is 38.2 Å². The first kappa shape index (κ1) is 18.2. The first-order valence-corrected chi connectivity index (χ1v) is 9.94. The van der Waals surface area contributed by atoms with Gasteiger partial charge in [-0.15, -0.1) is 0 Å². The number of nitrogens with zero attached hydrogens (tertiary/aromatic N) is 1. The number of hydrogen-bond acceptors (Lipinski definition) is 4. The Bertz CT molecular complexity index is 415. The molecule has 3 fully saturated rings. The SMILES string of the molecule is COC1CCN(C2(CNC(=O)[C@@H]3CCC[C@@H]3CN)CCCC2)CC1. The van der Waals surface area contributed by atoms with Crippen molar-refractivity contribution in [1.29, 1.82) is 0 Å². The molecule has 24 heavy (non-hydrogen) atoms. The topological polar surface area (TPSA) is 67.6 Å². The summed E-state index contributed by atoms with van der Waals surface area (Å²) in [6, 6.07) is 0. The number of nitrogens with one attached hydrogen (secondary N) is 1. The van der Waals surface area contributed by atoms with E-state index >= 15 is 0 Å². The zero-order valence-electron chi connectivity index (χ0n) is 15.3. The molecule has 2 saturated carbocycles. The standard InChI is InChI=1S/C19H35N3O2/c1-24-16-7-11-22(12-8-16)19(9-2-3-10-19)14-21-18(23)17-6-4-5-15(17)13-20/h15-17H,2-14,20H2,1H3,(H,21,23)/t15-,17-/m1/s1. The Morgan fingerprint density at radius 1 is 1.17 bits per heavy atom. The molecule has 1 aliphatic heterocycles. The van der Waals surface area contributed by atoms with Gasteiger partial charge in [0.1, 0.15) is 0 Å². The predicted molar refractivity (Wildman–Crippen MR) is 95.7 cm³/mol. The van der Waals surface area contributed by atoms with Crippen molar-refractivity contribution in [3.05, 3.63) is 0 Å². The zero-order chi connectivity index (χ0) is 17.0. The number of nitrogens with two attached hydrogens (primary N) is 1. The molecular formula is C19H35N3O2. The third-order valence-corrected chi connectivity index (χ3v) is 6.87. The minimum atomic E-state index is 0.146. The van der Waals surface area contributed by atoms with Gasteiger partial charge in [-0.2, -0.15) is 0 Å². The predicted octanol–water partition coefficient (Wildman–Crippen LogP) is 1.90. The number of methoxy groups -OCH3 is 1. The molecule has 138 valence electrons. The molecule has 0 radical (unpaired) electrons. The summed E-state index contributed by atoms with van der Waals surface area (Å²) < 4.78 is 5.52. The van der Waals surface area contributed by atoms with Crippen molar-refractivity contribution in [1.82, 2.24) is 10.2 Å². The summed E-state index contributed by atoms with van der Waals surface area (Å²) >= 11 is 0. The lowest BCUT2D eigenvalue weighted by molar-refractivity contribution is -0.126. The quantitative estimate of drug-likeness (QED) is 0.777. The van der Waals surface area contributed by atoms with Crippen LogP contribution in [-0.2, 0) is 9.53 Å². The van der Waals surface area contributed by atoms with Crippen molar-refractivity contribution >= 4 is 5.91 Å². The minimum Gasteiger partial charge on any atom is -0.381 e. The lowest BCUT2D eigenvalue weighted by Gasteiger charge is -2.45. The summed E-state index contributed by atoms with van der Waals surface area (Å²) in [5.74, 6) is 0.788. The molecule has 2 aliphatic carbocycles. The second-order valence-electron chi connectivity index (χ2n) is 8.10. The Hall–Kier alpha value is -0.650. The van der Waals surface area contributed by atoms with Crippen LogP contribution in [0.5, 0.6) is 0 Å². The van der Waals surface area contributed by atoms with Crippen LogP contribution in [0.4, 0.5) is 0 Å². The maximum absolute atomic E-state index is 12.7. The van der Waals surface area contributed by atoms with Gasteiger partial charge in [0.25, 0.3) is 0 Å². The van der Waals surface area contributed by atoms with Gasteiger partial charge in [0.2, 0.25) is 5.91 Å². The van der Waals surface area contributed by atoms with Crippen LogP contribution in [0, 0.1) is 11.8 Å². The van der Waals surface area contributed by atoms with Crippen LogP contribution in [0.25, 0.3) is 0 Å². The average Bonchev–Trinajstić information content (AvgIpc) is 3.29. The molecule has 0 spiro atoms. The van der Waals surface area contributed by atoms with Gasteiger partial charge in [0.15, 0.2) is 0 Å². The fourth-order valence-corrected chi connectivity index (χ4v) is 5.25. The molecule has 0 unspecified atom stereocenters. The molecular weight excluding hydrogens is 302 g/mol. The molecule has 5 nitrogen and oxygen atoms in total. The van der Waals surface area contributed by atoms with E-state index in [1.165, 1.54) is 25.7 Å². The summed E-state index contributed by atoms with van der Waals surface area (Å²) in [4.78, 5) is 15.3. The van der Waals surface area contributed by atoms with Gasteiger partial charge < -0.3 is 15.8 Å². The Morgan fingerprint density at radius 2 is 1.88 bits per heavy atom. The summed E-state index contributed by atoms with van der Waals surface area (Å²) in [7, 11) is 1.82. The molecule has 3 rings (SSSR count). The van der Waals surface area contributed by atoms with Crippen LogP contribution in [0.1, 0.15) is 57.8 Å². The fourth-order valence-electron chi connectivity index (χ4n) is 5.25. The number of carbonyl (C=O) groups is 1. The van der Waals surface area contributed by atoms with Crippen molar-refractivity contribution in [3.63, 3.8) is 0 Å². The molecule has 1 amide bonds. The highest BCUT2D eigenvalue weighted by Crippen LogP contribution is 2.37. The monoisotopic (exact) mass is 337 g/mol. The Morgan fingerprint density at radius 3 is 2.50 bits per heavy atom. The second kappa shape index (κ2) is 8.15. The number of likely N-dealkylation sites (tertiary alicyclic amines) is 1. The minimum absolute atomic E-state index is 0.146. The van der Waals surface area contributed by atoms with Crippen LogP contribution in [-0.4, -0.2) is 55.7 Å². The van der Waals surface area contributed by atoms with Gasteiger partial charge >= 0.3 is 0 Å². The van der Waals surface area contributed by atoms with E-state index in [0.717, 1.165) is 51.7 Å². The van der Waals surface area contributed by atoms with Crippen molar-refractivity contribution in [2.75, 3.05) is 33.3 Å². The average molecular weight is 338 g/mol. The molecule has 5 heteroatoms. The van der Waals surface area contributed by atoms with E-state index in [0.29, 0.717) is 18.6 Å². The van der Waals surface area contributed by atoms with E-state index in [4.69, 9.17) is 10.5 Å². The van der Waals surface area contributed by atoms with Crippen molar-refractivity contribution in [3.8, 4) is 0 Å². The van der Waals surface area contributed by atoms with E-state index in [9.17, 15) is 4.79 Å². The lowest BCUT2D eigenvalue weighted by atomic mass is 9.90. The third-order valence-electron chi connectivity index (χ3n) is 6.87. The first-order valence-electron chi connectivity index (χ1n) is 9.94. The smallest absolute Gasteiger partial charge is 0.223 e. The Balaban J connectivity index is 1.57. The van der Waals surface area contributed by atoms with E-state index in [1.807, 2.05) is 7.11 Å². The Labute approximate surface area is 146 Å². The number of amides is 1. The maximum atomic E-state index is 12.7. The van der Waals surface area contributed by atoms with E-state index in [-0.39, 0.29) is 17.4 Å². The summed E-state index contributed by atoms with van der Waals surface area (Å²) in [6.45, 7) is 3.66. The van der Waals surface area contributed by atoms with Crippen LogP contribution in [0.3, 0.4) is 0 Å². The number of ether oxygens (including phenoxy) is 1. The fraction of sp³-hybridized carbons (Fsp3) is 0.947. The van der Waals surface area contributed by atoms with Gasteiger partial charge in [-0.05, 0) is 51.0 Å².